The number of likely N-dealkylation sites (N-methyl/N-ethyl adjacent to an activating group) is 1. The monoisotopic (exact) mass is 279 g/mol. The zero-order valence-electron chi connectivity index (χ0n) is 13.5. The van der Waals surface area contributed by atoms with Crippen LogP contribution in [0.5, 0.6) is 0 Å². The van der Waals surface area contributed by atoms with Crippen molar-refractivity contribution in [2.45, 2.75) is 82.5 Å². The molecule has 3 aliphatic heterocycles. The highest BCUT2D eigenvalue weighted by Crippen LogP contribution is 2.37. The standard InChI is InChI=1S/C17H33N3/c1-3-9-18-14-11-15-6-4-7-16(12-14)20(15)17-8-5-10-19(2)13-17/h14-18H,3-13H2,1-2H3. The summed E-state index contributed by atoms with van der Waals surface area (Å²) in [6.07, 6.45) is 11.3. The molecular weight excluding hydrogens is 246 g/mol. The lowest BCUT2D eigenvalue weighted by Crippen LogP contribution is -2.62. The lowest BCUT2D eigenvalue weighted by molar-refractivity contribution is -0.0313. The van der Waals surface area contributed by atoms with Gasteiger partial charge in [0.2, 0.25) is 0 Å². The van der Waals surface area contributed by atoms with E-state index in [9.17, 15) is 0 Å². The van der Waals surface area contributed by atoms with Crippen LogP contribution in [0.4, 0.5) is 0 Å². The molecule has 3 aliphatic rings. The van der Waals surface area contributed by atoms with E-state index in [1.807, 2.05) is 0 Å². The van der Waals surface area contributed by atoms with Gasteiger partial charge in [0, 0.05) is 30.7 Å². The van der Waals surface area contributed by atoms with Crippen molar-refractivity contribution in [2.75, 3.05) is 26.7 Å². The zero-order valence-corrected chi connectivity index (χ0v) is 13.5. The van der Waals surface area contributed by atoms with Crippen LogP contribution in [-0.2, 0) is 0 Å². The second kappa shape index (κ2) is 6.76. The van der Waals surface area contributed by atoms with Crippen molar-refractivity contribution in [3.05, 3.63) is 0 Å². The van der Waals surface area contributed by atoms with Crippen molar-refractivity contribution in [1.82, 2.24) is 15.1 Å². The molecule has 3 fully saturated rings. The molecule has 0 spiro atoms. The maximum Gasteiger partial charge on any atom is 0.0229 e. The predicted octanol–water partition coefficient (Wildman–Crippen LogP) is 2.47. The van der Waals surface area contributed by atoms with Crippen LogP contribution in [0.3, 0.4) is 0 Å². The first-order valence-corrected chi connectivity index (χ1v) is 8.97. The number of hydrogen-bond acceptors (Lipinski definition) is 3. The molecule has 20 heavy (non-hydrogen) atoms. The third-order valence-electron chi connectivity index (χ3n) is 5.74. The van der Waals surface area contributed by atoms with Gasteiger partial charge >= 0.3 is 0 Å². The quantitative estimate of drug-likeness (QED) is 0.853. The number of likely N-dealkylation sites (tertiary alicyclic amines) is 1. The highest BCUT2D eigenvalue weighted by atomic mass is 15.3. The number of hydrogen-bond donors (Lipinski definition) is 1. The number of fused-ring (bicyclic) bond motifs is 2. The van der Waals surface area contributed by atoms with Gasteiger partial charge in [0.05, 0.1) is 0 Å². The Morgan fingerprint density at radius 2 is 1.70 bits per heavy atom. The van der Waals surface area contributed by atoms with E-state index < -0.39 is 0 Å². The number of rotatable bonds is 4. The van der Waals surface area contributed by atoms with Gasteiger partial charge in [-0.15, -0.1) is 0 Å². The smallest absolute Gasteiger partial charge is 0.0229 e. The lowest BCUT2D eigenvalue weighted by atomic mass is 9.79. The Bertz CT molecular complexity index is 293. The molecule has 3 saturated heterocycles. The average Bonchev–Trinajstić information content (AvgIpc) is 2.44. The fraction of sp³-hybridized carbons (Fsp3) is 1.00. The molecule has 2 bridgehead atoms. The molecule has 0 aromatic carbocycles. The minimum Gasteiger partial charge on any atom is -0.314 e. The summed E-state index contributed by atoms with van der Waals surface area (Å²) in [5.74, 6) is 0. The first-order valence-electron chi connectivity index (χ1n) is 8.97. The highest BCUT2D eigenvalue weighted by molar-refractivity contribution is 4.98. The molecule has 3 heteroatoms. The number of nitrogens with one attached hydrogen (secondary N) is 1. The summed E-state index contributed by atoms with van der Waals surface area (Å²) in [6, 6.07) is 3.38. The zero-order chi connectivity index (χ0) is 13.9. The molecule has 3 rings (SSSR count). The Morgan fingerprint density at radius 1 is 1.00 bits per heavy atom. The van der Waals surface area contributed by atoms with Gasteiger partial charge in [-0.05, 0) is 65.1 Å². The van der Waals surface area contributed by atoms with E-state index >= 15 is 0 Å². The van der Waals surface area contributed by atoms with Crippen molar-refractivity contribution >= 4 is 0 Å². The Hall–Kier alpha value is -0.120. The van der Waals surface area contributed by atoms with Crippen LogP contribution in [0.2, 0.25) is 0 Å². The van der Waals surface area contributed by atoms with E-state index in [0.29, 0.717) is 0 Å². The summed E-state index contributed by atoms with van der Waals surface area (Å²) in [6.45, 7) is 6.09. The van der Waals surface area contributed by atoms with E-state index in [1.54, 1.807) is 0 Å². The summed E-state index contributed by atoms with van der Waals surface area (Å²) in [7, 11) is 2.30. The highest BCUT2D eigenvalue weighted by Gasteiger charge is 2.41. The van der Waals surface area contributed by atoms with Gasteiger partial charge in [0.1, 0.15) is 0 Å². The molecule has 116 valence electrons. The Labute approximate surface area is 125 Å². The third-order valence-corrected chi connectivity index (χ3v) is 5.74. The molecule has 1 N–H and O–H groups in total. The van der Waals surface area contributed by atoms with E-state index in [4.69, 9.17) is 0 Å². The summed E-state index contributed by atoms with van der Waals surface area (Å²) in [5, 5.41) is 3.80. The number of piperidine rings is 3. The van der Waals surface area contributed by atoms with Gasteiger partial charge < -0.3 is 10.2 Å². The Kier molecular flexibility index (Phi) is 5.00. The van der Waals surface area contributed by atoms with Gasteiger partial charge in [-0.25, -0.2) is 0 Å². The molecule has 0 aliphatic carbocycles. The van der Waals surface area contributed by atoms with Crippen LogP contribution < -0.4 is 5.32 Å². The summed E-state index contributed by atoms with van der Waals surface area (Å²) < 4.78 is 0. The fourth-order valence-electron chi connectivity index (χ4n) is 4.91. The van der Waals surface area contributed by atoms with Crippen molar-refractivity contribution in [3.8, 4) is 0 Å². The van der Waals surface area contributed by atoms with Crippen LogP contribution in [0, 0.1) is 0 Å². The van der Waals surface area contributed by atoms with Crippen molar-refractivity contribution in [3.63, 3.8) is 0 Å². The molecule has 0 amide bonds. The SMILES string of the molecule is CCCNC1CC2CCCC(C1)N2C1CCCN(C)C1. The molecule has 3 heterocycles. The predicted molar refractivity (Wildman–Crippen MR) is 85.1 cm³/mol. The van der Waals surface area contributed by atoms with Crippen LogP contribution in [0.25, 0.3) is 0 Å². The minimum absolute atomic E-state index is 0.794. The fourth-order valence-corrected chi connectivity index (χ4v) is 4.91. The second-order valence-corrected chi connectivity index (χ2v) is 7.37. The molecule has 3 nitrogen and oxygen atoms in total. The van der Waals surface area contributed by atoms with Crippen molar-refractivity contribution in [1.29, 1.82) is 0 Å². The topological polar surface area (TPSA) is 18.5 Å². The maximum atomic E-state index is 3.80. The van der Waals surface area contributed by atoms with Gasteiger partial charge in [-0.2, -0.15) is 0 Å². The van der Waals surface area contributed by atoms with Gasteiger partial charge in [-0.1, -0.05) is 13.3 Å². The molecule has 3 unspecified atom stereocenters. The second-order valence-electron chi connectivity index (χ2n) is 7.37. The van der Waals surface area contributed by atoms with E-state index in [2.05, 4.69) is 29.1 Å². The van der Waals surface area contributed by atoms with Gasteiger partial charge in [-0.3, -0.25) is 4.90 Å². The van der Waals surface area contributed by atoms with Crippen molar-refractivity contribution in [2.24, 2.45) is 0 Å². The molecule has 0 radical (unpaired) electrons. The van der Waals surface area contributed by atoms with Crippen molar-refractivity contribution < 1.29 is 0 Å². The van der Waals surface area contributed by atoms with Crippen LogP contribution in [-0.4, -0.2) is 60.6 Å². The van der Waals surface area contributed by atoms with Crippen LogP contribution in [0.15, 0.2) is 0 Å². The average molecular weight is 279 g/mol. The normalized spacial score (nSPS) is 39.9. The molecule has 3 atom stereocenters. The van der Waals surface area contributed by atoms with Crippen LogP contribution >= 0.6 is 0 Å². The molecule has 0 saturated carbocycles. The summed E-state index contributed by atoms with van der Waals surface area (Å²) in [5.41, 5.74) is 0. The molecular formula is C17H33N3. The van der Waals surface area contributed by atoms with Crippen LogP contribution in [0.1, 0.15) is 58.3 Å². The van der Waals surface area contributed by atoms with E-state index in [1.165, 1.54) is 71.0 Å². The van der Waals surface area contributed by atoms with E-state index in [-0.39, 0.29) is 0 Å². The first-order chi connectivity index (χ1) is 9.78. The Morgan fingerprint density at radius 3 is 2.35 bits per heavy atom. The maximum absolute atomic E-state index is 3.80. The molecule has 0 aromatic rings. The largest absolute Gasteiger partial charge is 0.314 e. The van der Waals surface area contributed by atoms with E-state index in [0.717, 1.165) is 24.2 Å². The minimum atomic E-state index is 0.794. The molecule has 0 aromatic heterocycles. The third kappa shape index (κ3) is 3.20. The number of nitrogens with zero attached hydrogens (tertiary/aromatic N) is 2. The van der Waals surface area contributed by atoms with Gasteiger partial charge in [0.15, 0.2) is 0 Å². The first kappa shape index (κ1) is 14.8. The lowest BCUT2D eigenvalue weighted by Gasteiger charge is -2.54. The summed E-state index contributed by atoms with van der Waals surface area (Å²) in [4.78, 5) is 5.51. The Balaban J connectivity index is 1.63. The summed E-state index contributed by atoms with van der Waals surface area (Å²) >= 11 is 0. The van der Waals surface area contributed by atoms with Gasteiger partial charge in [0.25, 0.3) is 0 Å².